The zero-order valence-electron chi connectivity index (χ0n) is 28.4. The summed E-state index contributed by atoms with van der Waals surface area (Å²) in [6.45, 7) is 4.44. The van der Waals surface area contributed by atoms with Gasteiger partial charge in [-0.15, -0.1) is 0 Å². The first kappa shape index (κ1) is 39.5. The van der Waals surface area contributed by atoms with Crippen LogP contribution in [0.3, 0.4) is 0 Å². The van der Waals surface area contributed by atoms with E-state index in [1.807, 2.05) is 6.07 Å². The van der Waals surface area contributed by atoms with Gasteiger partial charge in [0, 0.05) is 13.2 Å². The maximum atomic E-state index is 12.4. The largest absolute Gasteiger partial charge is 0.472 e. The maximum absolute atomic E-state index is 12.4. The standard InChI is InChI=1S/C34H57N4O8P/c1-3-4-5-6-7-8-9-10-11-12-13-14-15-16-17-18-22-43-23-19-24-44-47(41,42)45-25-30-32(39)33(40)34(26-35,46-30)31-21-20-29-28(2)36-27-37-38(29)31/h20-21,27,30,32-33,39-40H,3-19,22-25H2,1-2H3,(H,41,42)/t30-,32-,33-,34+/m1/s1. The SMILES string of the molecule is CCCCCCCCCCCCCCCCCCOCCCOP(=O)(O)OC[C@H]1O[C@@](C#N)(c2ccc3c(C)ncnn23)[C@H](O)[C@@H]1O. The molecule has 2 aromatic heterocycles. The average molecular weight is 681 g/mol. The van der Waals surface area contributed by atoms with Crippen LogP contribution in [0.2, 0.25) is 0 Å². The minimum atomic E-state index is -4.48. The first-order valence-electron chi connectivity index (χ1n) is 17.7. The molecule has 0 amide bonds. The van der Waals surface area contributed by atoms with Gasteiger partial charge in [-0.1, -0.05) is 103 Å². The fraction of sp³-hybridized carbons (Fsp3) is 0.794. The van der Waals surface area contributed by atoms with Crippen LogP contribution < -0.4 is 0 Å². The highest BCUT2D eigenvalue weighted by atomic mass is 31.2. The number of nitriles is 1. The van der Waals surface area contributed by atoms with Crippen molar-refractivity contribution in [2.45, 2.75) is 147 Å². The summed E-state index contributed by atoms with van der Waals surface area (Å²) in [6, 6.07) is 5.18. The molecule has 5 atom stereocenters. The third-order valence-corrected chi connectivity index (χ3v) is 9.87. The van der Waals surface area contributed by atoms with Crippen LogP contribution >= 0.6 is 7.82 Å². The Labute approximate surface area is 280 Å². The van der Waals surface area contributed by atoms with Crippen LogP contribution in [0, 0.1) is 18.3 Å². The van der Waals surface area contributed by atoms with Gasteiger partial charge in [-0.25, -0.2) is 14.1 Å². The number of phosphoric acid groups is 1. The van der Waals surface area contributed by atoms with E-state index in [-0.39, 0.29) is 12.3 Å². The molecule has 0 radical (unpaired) electrons. The molecule has 3 rings (SSSR count). The number of unbranched alkanes of at least 4 members (excludes halogenated alkanes) is 15. The molecule has 0 spiro atoms. The van der Waals surface area contributed by atoms with Crippen molar-refractivity contribution in [3.8, 4) is 6.07 Å². The van der Waals surface area contributed by atoms with Gasteiger partial charge in [0.1, 0.15) is 30.7 Å². The van der Waals surface area contributed by atoms with Crippen molar-refractivity contribution in [1.82, 2.24) is 14.6 Å². The summed E-state index contributed by atoms with van der Waals surface area (Å²) in [4.78, 5) is 14.2. The predicted octanol–water partition coefficient (Wildman–Crippen LogP) is 6.68. The maximum Gasteiger partial charge on any atom is 0.472 e. The second kappa shape index (κ2) is 21.2. The van der Waals surface area contributed by atoms with E-state index in [0.717, 1.165) is 12.8 Å². The van der Waals surface area contributed by atoms with Crippen molar-refractivity contribution in [2.24, 2.45) is 0 Å². The van der Waals surface area contributed by atoms with Gasteiger partial charge in [0.05, 0.1) is 30.1 Å². The van der Waals surface area contributed by atoms with Gasteiger partial charge >= 0.3 is 7.82 Å². The molecule has 266 valence electrons. The minimum Gasteiger partial charge on any atom is -0.387 e. The van der Waals surface area contributed by atoms with E-state index in [2.05, 4.69) is 17.0 Å². The van der Waals surface area contributed by atoms with E-state index >= 15 is 0 Å². The molecule has 1 saturated heterocycles. The molecular formula is C34H57N4O8P. The summed E-state index contributed by atoms with van der Waals surface area (Å²) in [5.41, 5.74) is -0.539. The van der Waals surface area contributed by atoms with Crippen LogP contribution in [0.25, 0.3) is 5.52 Å². The molecule has 12 nitrogen and oxygen atoms in total. The van der Waals surface area contributed by atoms with Crippen molar-refractivity contribution in [1.29, 1.82) is 5.26 Å². The Morgan fingerprint density at radius 1 is 0.894 bits per heavy atom. The smallest absolute Gasteiger partial charge is 0.387 e. The highest BCUT2D eigenvalue weighted by molar-refractivity contribution is 7.47. The topological polar surface area (TPSA) is 169 Å². The van der Waals surface area contributed by atoms with E-state index in [1.54, 1.807) is 19.1 Å². The lowest BCUT2D eigenvalue weighted by Gasteiger charge is -2.24. The van der Waals surface area contributed by atoms with Crippen LogP contribution in [0.15, 0.2) is 18.5 Å². The van der Waals surface area contributed by atoms with Gasteiger partial charge in [-0.3, -0.25) is 9.05 Å². The zero-order chi connectivity index (χ0) is 34.0. The Morgan fingerprint density at radius 3 is 2.06 bits per heavy atom. The Kier molecular flexibility index (Phi) is 17.8. The van der Waals surface area contributed by atoms with Crippen LogP contribution in [-0.4, -0.2) is 74.4 Å². The molecule has 1 fully saturated rings. The van der Waals surface area contributed by atoms with Crippen LogP contribution in [-0.2, 0) is 28.7 Å². The molecule has 0 bridgehead atoms. The first-order valence-corrected chi connectivity index (χ1v) is 19.2. The van der Waals surface area contributed by atoms with Gasteiger partial charge in [-0.05, 0) is 31.9 Å². The van der Waals surface area contributed by atoms with Crippen molar-refractivity contribution >= 4 is 13.3 Å². The molecule has 3 heterocycles. The third kappa shape index (κ3) is 12.5. The Bertz CT molecular complexity index is 1260. The molecule has 1 unspecified atom stereocenters. The van der Waals surface area contributed by atoms with Gasteiger partial charge < -0.3 is 24.6 Å². The summed E-state index contributed by atoms with van der Waals surface area (Å²) >= 11 is 0. The van der Waals surface area contributed by atoms with Gasteiger partial charge in [-0.2, -0.15) is 10.4 Å². The van der Waals surface area contributed by atoms with E-state index in [0.29, 0.717) is 30.8 Å². The second-order valence-corrected chi connectivity index (χ2v) is 14.1. The summed E-state index contributed by atoms with van der Waals surface area (Å²) in [7, 11) is -4.48. The monoisotopic (exact) mass is 680 g/mol. The Morgan fingerprint density at radius 2 is 1.47 bits per heavy atom. The molecule has 2 aromatic rings. The summed E-state index contributed by atoms with van der Waals surface area (Å²) in [5, 5.41) is 35.6. The summed E-state index contributed by atoms with van der Waals surface area (Å²) in [5.74, 6) is 0. The van der Waals surface area contributed by atoms with Crippen molar-refractivity contribution < 1.29 is 38.2 Å². The first-order chi connectivity index (χ1) is 22.8. The highest BCUT2D eigenvalue weighted by Crippen LogP contribution is 2.46. The number of rotatable bonds is 26. The molecule has 13 heteroatoms. The fourth-order valence-electron chi connectivity index (χ4n) is 6.05. The van der Waals surface area contributed by atoms with E-state index < -0.39 is 38.3 Å². The number of fused-ring (bicyclic) bond motifs is 1. The van der Waals surface area contributed by atoms with Crippen molar-refractivity contribution in [3.63, 3.8) is 0 Å². The number of hydrogen-bond donors (Lipinski definition) is 3. The van der Waals surface area contributed by atoms with E-state index in [1.165, 1.54) is 101 Å². The Hall–Kier alpha value is -1.94. The molecule has 47 heavy (non-hydrogen) atoms. The normalized spacial score (nSPS) is 22.5. The van der Waals surface area contributed by atoms with Crippen LogP contribution in [0.5, 0.6) is 0 Å². The molecule has 3 N–H and O–H groups in total. The third-order valence-electron chi connectivity index (χ3n) is 8.88. The molecule has 1 aliphatic heterocycles. The minimum absolute atomic E-state index is 0.0548. The van der Waals surface area contributed by atoms with Crippen molar-refractivity contribution in [2.75, 3.05) is 26.4 Å². The van der Waals surface area contributed by atoms with Gasteiger partial charge in [0.15, 0.2) is 0 Å². The number of aryl methyl sites for hydroxylation is 1. The number of phosphoric ester groups is 1. The molecule has 0 aromatic carbocycles. The summed E-state index contributed by atoms with van der Waals surface area (Å²) < 4.78 is 35.3. The molecule has 1 aliphatic rings. The van der Waals surface area contributed by atoms with Crippen molar-refractivity contribution in [3.05, 3.63) is 29.8 Å². The van der Waals surface area contributed by atoms with Crippen LogP contribution in [0.4, 0.5) is 0 Å². The number of hydrogen-bond acceptors (Lipinski definition) is 10. The summed E-state index contributed by atoms with van der Waals surface area (Å²) in [6.07, 6.45) is 18.3. The van der Waals surface area contributed by atoms with Gasteiger partial charge in [0.25, 0.3) is 0 Å². The highest BCUT2D eigenvalue weighted by Gasteiger charge is 2.57. The molecular weight excluding hydrogens is 623 g/mol. The second-order valence-electron chi connectivity index (χ2n) is 12.7. The zero-order valence-corrected chi connectivity index (χ0v) is 29.3. The Balaban J connectivity index is 1.19. The lowest BCUT2D eigenvalue weighted by molar-refractivity contribution is -0.0643. The lowest BCUT2D eigenvalue weighted by atomic mass is 9.92. The van der Waals surface area contributed by atoms with Gasteiger partial charge in [0.2, 0.25) is 5.60 Å². The number of aliphatic hydroxyl groups is 2. The van der Waals surface area contributed by atoms with E-state index in [9.17, 15) is 24.9 Å². The predicted molar refractivity (Wildman–Crippen MR) is 179 cm³/mol. The lowest BCUT2D eigenvalue weighted by Crippen LogP contribution is -2.41. The number of aliphatic hydroxyl groups excluding tert-OH is 2. The number of nitrogens with zero attached hydrogens (tertiary/aromatic N) is 4. The molecule has 0 saturated carbocycles. The quantitative estimate of drug-likeness (QED) is 0.0716. The number of aromatic nitrogens is 3. The fourth-order valence-corrected chi connectivity index (χ4v) is 6.82. The average Bonchev–Trinajstić information content (AvgIpc) is 3.61. The molecule has 0 aliphatic carbocycles. The van der Waals surface area contributed by atoms with Crippen LogP contribution in [0.1, 0.15) is 127 Å². The van der Waals surface area contributed by atoms with E-state index in [4.69, 9.17) is 18.5 Å². The number of ether oxygens (including phenoxy) is 2.